The highest BCUT2D eigenvalue weighted by molar-refractivity contribution is 5.61. The molecule has 4 nitrogen and oxygen atoms in total. The van der Waals surface area contributed by atoms with Crippen LogP contribution in [0.3, 0.4) is 0 Å². The number of anilines is 1. The van der Waals surface area contributed by atoms with Crippen LogP contribution in [0.4, 0.5) is 5.69 Å². The number of para-hydroxylation sites is 1. The van der Waals surface area contributed by atoms with Crippen molar-refractivity contribution in [1.82, 2.24) is 0 Å². The molecule has 0 atom stereocenters. The number of ether oxygens (including phenoxy) is 3. The second-order valence-corrected chi connectivity index (χ2v) is 4.59. The highest BCUT2D eigenvalue weighted by atomic mass is 16.5. The van der Waals surface area contributed by atoms with E-state index in [9.17, 15) is 0 Å². The minimum absolute atomic E-state index is 0.681. The zero-order chi connectivity index (χ0) is 15.8. The molecule has 22 heavy (non-hydrogen) atoms. The lowest BCUT2D eigenvalue weighted by molar-refractivity contribution is 0.395. The summed E-state index contributed by atoms with van der Waals surface area (Å²) >= 11 is 0. The third-order valence-electron chi connectivity index (χ3n) is 3.26. The molecule has 0 amide bonds. The molecule has 4 heteroatoms. The first-order valence-electron chi connectivity index (χ1n) is 7.04. The summed E-state index contributed by atoms with van der Waals surface area (Å²) in [5.74, 6) is 2.39. The van der Waals surface area contributed by atoms with Gasteiger partial charge in [0, 0.05) is 18.2 Å². The van der Waals surface area contributed by atoms with Crippen molar-refractivity contribution in [3.8, 4) is 17.2 Å². The Morgan fingerprint density at radius 1 is 0.909 bits per heavy atom. The van der Waals surface area contributed by atoms with Crippen molar-refractivity contribution in [2.45, 2.75) is 0 Å². The molecule has 0 bridgehead atoms. The summed E-state index contributed by atoms with van der Waals surface area (Å²) in [4.78, 5) is 0. The molecule has 116 valence electrons. The molecular formula is C18H21NO3. The molecule has 0 aliphatic rings. The molecule has 2 aromatic rings. The highest BCUT2D eigenvalue weighted by Gasteiger charge is 2.03. The van der Waals surface area contributed by atoms with Gasteiger partial charge in [-0.1, -0.05) is 30.4 Å². The van der Waals surface area contributed by atoms with E-state index in [2.05, 4.69) is 5.32 Å². The van der Waals surface area contributed by atoms with Gasteiger partial charge in [0.15, 0.2) is 0 Å². The Morgan fingerprint density at radius 3 is 2.41 bits per heavy atom. The lowest BCUT2D eigenvalue weighted by Gasteiger charge is -2.11. The first-order valence-corrected chi connectivity index (χ1v) is 7.04. The van der Waals surface area contributed by atoms with Crippen molar-refractivity contribution >= 4 is 11.8 Å². The Balaban J connectivity index is 2.00. The summed E-state index contributed by atoms with van der Waals surface area (Å²) in [6.45, 7) is 0.681. The molecule has 0 saturated carbocycles. The predicted molar refractivity (Wildman–Crippen MR) is 90.1 cm³/mol. The summed E-state index contributed by atoms with van der Waals surface area (Å²) < 4.78 is 15.9. The summed E-state index contributed by atoms with van der Waals surface area (Å²) in [7, 11) is 4.95. The van der Waals surface area contributed by atoms with Crippen LogP contribution in [0.5, 0.6) is 17.2 Å². The largest absolute Gasteiger partial charge is 0.497 e. The number of benzene rings is 2. The van der Waals surface area contributed by atoms with Crippen molar-refractivity contribution in [3.63, 3.8) is 0 Å². The topological polar surface area (TPSA) is 39.7 Å². The van der Waals surface area contributed by atoms with Crippen molar-refractivity contribution in [1.29, 1.82) is 0 Å². The zero-order valence-electron chi connectivity index (χ0n) is 13.1. The first kappa shape index (κ1) is 15.8. The molecule has 0 aromatic heterocycles. The van der Waals surface area contributed by atoms with Gasteiger partial charge in [-0.2, -0.15) is 0 Å². The molecule has 0 saturated heterocycles. The average Bonchev–Trinajstić information content (AvgIpc) is 2.59. The summed E-state index contributed by atoms with van der Waals surface area (Å²) in [6.07, 6.45) is 4.07. The van der Waals surface area contributed by atoms with Gasteiger partial charge >= 0.3 is 0 Å². The summed E-state index contributed by atoms with van der Waals surface area (Å²) in [5, 5.41) is 3.32. The van der Waals surface area contributed by atoms with Crippen LogP contribution in [0.15, 0.2) is 48.5 Å². The van der Waals surface area contributed by atoms with Gasteiger partial charge in [0.1, 0.15) is 17.2 Å². The van der Waals surface area contributed by atoms with E-state index in [1.807, 2.05) is 54.6 Å². The molecule has 0 heterocycles. The van der Waals surface area contributed by atoms with Gasteiger partial charge in [0.05, 0.1) is 27.0 Å². The molecule has 0 unspecified atom stereocenters. The minimum atomic E-state index is 0.681. The van der Waals surface area contributed by atoms with Gasteiger partial charge in [0.25, 0.3) is 0 Å². The fourth-order valence-electron chi connectivity index (χ4n) is 2.10. The fourth-order valence-corrected chi connectivity index (χ4v) is 2.10. The van der Waals surface area contributed by atoms with E-state index in [-0.39, 0.29) is 0 Å². The SMILES string of the molecule is COc1ccc(NC/C=C/c2ccccc2OC)c(OC)c1. The first-order chi connectivity index (χ1) is 10.8. The third kappa shape index (κ3) is 3.95. The molecule has 0 fully saturated rings. The number of hydrogen-bond acceptors (Lipinski definition) is 4. The standard InChI is InChI=1S/C18H21NO3/c1-20-15-10-11-16(18(13-15)22-3)19-12-6-8-14-7-4-5-9-17(14)21-2/h4-11,13,19H,12H2,1-3H3/b8-6+. The Bertz CT molecular complexity index is 638. The maximum absolute atomic E-state index is 5.35. The summed E-state index contributed by atoms with van der Waals surface area (Å²) in [5.41, 5.74) is 1.97. The smallest absolute Gasteiger partial charge is 0.145 e. The van der Waals surface area contributed by atoms with Gasteiger partial charge in [0.2, 0.25) is 0 Å². The number of nitrogens with one attached hydrogen (secondary N) is 1. The second kappa shape index (κ2) is 7.98. The average molecular weight is 299 g/mol. The zero-order valence-corrected chi connectivity index (χ0v) is 13.1. The normalized spacial score (nSPS) is 10.5. The molecular weight excluding hydrogens is 278 g/mol. The van der Waals surface area contributed by atoms with Crippen LogP contribution in [0, 0.1) is 0 Å². The predicted octanol–water partition coefficient (Wildman–Crippen LogP) is 3.84. The monoisotopic (exact) mass is 299 g/mol. The van der Waals surface area contributed by atoms with E-state index >= 15 is 0 Å². The minimum Gasteiger partial charge on any atom is -0.497 e. The Hall–Kier alpha value is -2.62. The lowest BCUT2D eigenvalue weighted by atomic mass is 10.2. The van der Waals surface area contributed by atoms with Crippen molar-refractivity contribution in [2.75, 3.05) is 33.2 Å². The quantitative estimate of drug-likeness (QED) is 0.843. The third-order valence-corrected chi connectivity index (χ3v) is 3.26. The van der Waals surface area contributed by atoms with Crippen LogP contribution in [-0.2, 0) is 0 Å². The van der Waals surface area contributed by atoms with Crippen molar-refractivity contribution in [2.24, 2.45) is 0 Å². The van der Waals surface area contributed by atoms with E-state index in [4.69, 9.17) is 14.2 Å². The van der Waals surface area contributed by atoms with Crippen molar-refractivity contribution in [3.05, 3.63) is 54.1 Å². The van der Waals surface area contributed by atoms with Gasteiger partial charge in [-0.3, -0.25) is 0 Å². The van der Waals surface area contributed by atoms with Crippen LogP contribution >= 0.6 is 0 Å². The van der Waals surface area contributed by atoms with E-state index in [1.54, 1.807) is 21.3 Å². The molecule has 0 aliphatic heterocycles. The van der Waals surface area contributed by atoms with Gasteiger partial charge in [-0.25, -0.2) is 0 Å². The van der Waals surface area contributed by atoms with Gasteiger partial charge in [-0.15, -0.1) is 0 Å². The van der Waals surface area contributed by atoms with Crippen LogP contribution in [0.2, 0.25) is 0 Å². The molecule has 0 radical (unpaired) electrons. The molecule has 1 N–H and O–H groups in total. The van der Waals surface area contributed by atoms with Gasteiger partial charge < -0.3 is 19.5 Å². The number of methoxy groups -OCH3 is 3. The molecule has 2 aromatic carbocycles. The fraction of sp³-hybridized carbons (Fsp3) is 0.222. The van der Waals surface area contributed by atoms with Gasteiger partial charge in [-0.05, 0) is 18.2 Å². The van der Waals surface area contributed by atoms with Crippen molar-refractivity contribution < 1.29 is 14.2 Å². The Labute approximate surface area is 131 Å². The number of rotatable bonds is 7. The maximum Gasteiger partial charge on any atom is 0.145 e. The highest BCUT2D eigenvalue weighted by Crippen LogP contribution is 2.28. The molecule has 2 rings (SSSR count). The molecule has 0 spiro atoms. The number of hydrogen-bond donors (Lipinski definition) is 1. The second-order valence-electron chi connectivity index (χ2n) is 4.59. The van der Waals surface area contributed by atoms with Crippen LogP contribution in [-0.4, -0.2) is 27.9 Å². The van der Waals surface area contributed by atoms with E-state index in [0.717, 1.165) is 28.5 Å². The summed E-state index contributed by atoms with van der Waals surface area (Å²) in [6, 6.07) is 13.6. The van der Waals surface area contributed by atoms with E-state index in [1.165, 1.54) is 0 Å². The van der Waals surface area contributed by atoms with E-state index in [0.29, 0.717) is 6.54 Å². The molecule has 0 aliphatic carbocycles. The lowest BCUT2D eigenvalue weighted by Crippen LogP contribution is -2.01. The van der Waals surface area contributed by atoms with Crippen LogP contribution in [0.1, 0.15) is 5.56 Å². The van der Waals surface area contributed by atoms with Crippen LogP contribution in [0.25, 0.3) is 6.08 Å². The van der Waals surface area contributed by atoms with Crippen LogP contribution < -0.4 is 19.5 Å². The Kier molecular flexibility index (Phi) is 5.72. The maximum atomic E-state index is 5.35. The van der Waals surface area contributed by atoms with E-state index < -0.39 is 0 Å². The Morgan fingerprint density at radius 2 is 1.68 bits per heavy atom.